The maximum Gasteiger partial charge on any atom is 0.328 e. The van der Waals surface area contributed by atoms with E-state index < -0.39 is 17.3 Å². The Labute approximate surface area is 128 Å². The molecule has 0 aliphatic heterocycles. The Morgan fingerprint density at radius 1 is 1.32 bits per heavy atom. The van der Waals surface area contributed by atoms with Crippen molar-refractivity contribution in [2.45, 2.75) is 32.7 Å². The number of nitrogens with two attached hydrogens (primary N) is 1. The van der Waals surface area contributed by atoms with Crippen molar-refractivity contribution in [1.82, 2.24) is 9.78 Å². The van der Waals surface area contributed by atoms with E-state index in [1.807, 2.05) is 20.8 Å². The summed E-state index contributed by atoms with van der Waals surface area (Å²) in [5, 5.41) is 13.4. The summed E-state index contributed by atoms with van der Waals surface area (Å²) in [6, 6.07) is 6.65. The smallest absolute Gasteiger partial charge is 0.328 e. The van der Waals surface area contributed by atoms with Crippen LogP contribution < -0.4 is 5.73 Å². The van der Waals surface area contributed by atoms with E-state index in [1.165, 1.54) is 10.9 Å². The molecule has 0 aliphatic rings. The van der Waals surface area contributed by atoms with Crippen LogP contribution in [-0.2, 0) is 10.3 Å². The second-order valence-electron chi connectivity index (χ2n) is 6.66. The van der Waals surface area contributed by atoms with E-state index >= 15 is 0 Å². The molecule has 2 rings (SSSR count). The Morgan fingerprint density at radius 2 is 1.91 bits per heavy atom. The predicted molar refractivity (Wildman–Crippen MR) is 81.1 cm³/mol. The molecule has 22 heavy (non-hydrogen) atoms. The highest BCUT2D eigenvalue weighted by molar-refractivity contribution is 5.80. The van der Waals surface area contributed by atoms with Gasteiger partial charge in [0, 0.05) is 0 Å². The second kappa shape index (κ2) is 5.53. The largest absolute Gasteiger partial charge is 0.480 e. The maximum absolute atomic E-state index is 13.0. The highest BCUT2D eigenvalue weighted by atomic mass is 19.1. The van der Waals surface area contributed by atoms with Gasteiger partial charge < -0.3 is 10.8 Å². The van der Waals surface area contributed by atoms with Crippen LogP contribution in [0.1, 0.15) is 32.8 Å². The monoisotopic (exact) mass is 305 g/mol. The molecule has 1 unspecified atom stereocenters. The Bertz CT molecular complexity index is 673. The molecule has 1 heterocycles. The number of halogens is 1. The summed E-state index contributed by atoms with van der Waals surface area (Å²) in [7, 11) is 0. The van der Waals surface area contributed by atoms with Crippen LogP contribution in [0.5, 0.6) is 0 Å². The Hall–Kier alpha value is -2.21. The normalized spacial score (nSPS) is 14.6. The summed E-state index contributed by atoms with van der Waals surface area (Å²) in [6.07, 6.45) is 2.65. The lowest BCUT2D eigenvalue weighted by Crippen LogP contribution is -2.47. The second-order valence-corrected chi connectivity index (χ2v) is 6.66. The van der Waals surface area contributed by atoms with Gasteiger partial charge in [-0.15, -0.1) is 0 Å². The molecule has 0 fully saturated rings. The zero-order valence-electron chi connectivity index (χ0n) is 12.9. The molecule has 5 nitrogen and oxygen atoms in total. The lowest BCUT2D eigenvalue weighted by atomic mass is 9.76. The van der Waals surface area contributed by atoms with Crippen molar-refractivity contribution in [1.29, 1.82) is 0 Å². The van der Waals surface area contributed by atoms with Crippen molar-refractivity contribution in [3.63, 3.8) is 0 Å². The van der Waals surface area contributed by atoms with E-state index in [4.69, 9.17) is 5.73 Å². The van der Waals surface area contributed by atoms with Gasteiger partial charge in [-0.3, -0.25) is 0 Å². The summed E-state index contributed by atoms with van der Waals surface area (Å²) in [5.41, 5.74) is 5.60. The summed E-state index contributed by atoms with van der Waals surface area (Å²) < 4.78 is 14.4. The van der Waals surface area contributed by atoms with E-state index in [-0.39, 0.29) is 5.41 Å². The van der Waals surface area contributed by atoms with Crippen LogP contribution in [0.4, 0.5) is 4.39 Å². The topological polar surface area (TPSA) is 81.1 Å². The Balaban J connectivity index is 2.36. The van der Waals surface area contributed by atoms with Crippen molar-refractivity contribution in [3.05, 3.63) is 48.0 Å². The quantitative estimate of drug-likeness (QED) is 0.910. The highest BCUT2D eigenvalue weighted by Crippen LogP contribution is 2.33. The molecular formula is C16H20FN3O2. The maximum atomic E-state index is 13.0. The first-order valence-electron chi connectivity index (χ1n) is 6.95. The van der Waals surface area contributed by atoms with Crippen LogP contribution in [0.2, 0.25) is 0 Å². The van der Waals surface area contributed by atoms with Gasteiger partial charge in [-0.25, -0.2) is 13.9 Å². The molecule has 1 atom stereocenters. The first-order chi connectivity index (χ1) is 10.1. The van der Waals surface area contributed by atoms with Crippen LogP contribution in [0.3, 0.4) is 0 Å². The van der Waals surface area contributed by atoms with E-state index in [9.17, 15) is 14.3 Å². The molecule has 0 spiro atoms. The van der Waals surface area contributed by atoms with Crippen molar-refractivity contribution in [2.75, 3.05) is 0 Å². The Kier molecular flexibility index (Phi) is 4.06. The molecule has 0 aliphatic carbocycles. The minimum absolute atomic E-state index is 0.239. The van der Waals surface area contributed by atoms with E-state index in [1.54, 1.807) is 24.3 Å². The molecule has 0 saturated carbocycles. The van der Waals surface area contributed by atoms with E-state index in [0.717, 1.165) is 6.20 Å². The van der Waals surface area contributed by atoms with Crippen molar-refractivity contribution >= 4 is 5.97 Å². The number of rotatable bonds is 4. The predicted octanol–water partition coefficient (Wildman–Crippen LogP) is 2.69. The summed E-state index contributed by atoms with van der Waals surface area (Å²) in [6.45, 7) is 5.83. The Morgan fingerprint density at radius 3 is 2.32 bits per heavy atom. The molecule has 1 aromatic carbocycles. The van der Waals surface area contributed by atoms with Gasteiger partial charge >= 0.3 is 5.97 Å². The van der Waals surface area contributed by atoms with Crippen LogP contribution in [0, 0.1) is 11.2 Å². The molecule has 0 saturated heterocycles. The first kappa shape index (κ1) is 16.2. The van der Waals surface area contributed by atoms with Gasteiger partial charge in [-0.05, 0) is 29.5 Å². The van der Waals surface area contributed by atoms with Gasteiger partial charge in [-0.2, -0.15) is 5.10 Å². The standard InChI is InChI=1S/C16H20FN3O2/c1-15(2,3)10-16(18,14(21)22)11-4-6-13(7-5-11)20-9-12(17)8-19-20/h4-9H,10,18H2,1-3H3,(H,21,22). The van der Waals surface area contributed by atoms with Crippen LogP contribution >= 0.6 is 0 Å². The van der Waals surface area contributed by atoms with Crippen LogP contribution in [0.15, 0.2) is 36.7 Å². The molecule has 0 amide bonds. The van der Waals surface area contributed by atoms with Crippen molar-refractivity contribution in [2.24, 2.45) is 11.1 Å². The molecule has 0 radical (unpaired) electrons. The summed E-state index contributed by atoms with van der Waals surface area (Å²) in [5.74, 6) is -1.50. The fraction of sp³-hybridized carbons (Fsp3) is 0.375. The van der Waals surface area contributed by atoms with Gasteiger partial charge in [0.15, 0.2) is 5.82 Å². The number of aliphatic carboxylic acids is 1. The molecule has 1 aromatic heterocycles. The molecule has 3 N–H and O–H groups in total. The minimum atomic E-state index is -1.47. The van der Waals surface area contributed by atoms with Crippen LogP contribution in [0.25, 0.3) is 5.69 Å². The zero-order valence-corrected chi connectivity index (χ0v) is 12.9. The number of benzene rings is 1. The van der Waals surface area contributed by atoms with E-state index in [0.29, 0.717) is 17.7 Å². The third kappa shape index (κ3) is 3.33. The molecule has 0 bridgehead atoms. The average Bonchev–Trinajstić information content (AvgIpc) is 2.83. The average molecular weight is 305 g/mol. The van der Waals surface area contributed by atoms with Gasteiger partial charge in [0.1, 0.15) is 5.54 Å². The fourth-order valence-corrected chi connectivity index (χ4v) is 2.49. The summed E-state index contributed by atoms with van der Waals surface area (Å²) >= 11 is 0. The van der Waals surface area contributed by atoms with Gasteiger partial charge in [0.25, 0.3) is 0 Å². The molecule has 6 heteroatoms. The zero-order chi connectivity index (χ0) is 16.5. The number of hydrogen-bond donors (Lipinski definition) is 2. The highest BCUT2D eigenvalue weighted by Gasteiger charge is 2.39. The number of aromatic nitrogens is 2. The van der Waals surface area contributed by atoms with Gasteiger partial charge in [-0.1, -0.05) is 32.9 Å². The number of carboxylic acid groups (broad SMARTS) is 1. The number of hydrogen-bond acceptors (Lipinski definition) is 3. The van der Waals surface area contributed by atoms with Crippen molar-refractivity contribution < 1.29 is 14.3 Å². The first-order valence-corrected chi connectivity index (χ1v) is 6.95. The fourth-order valence-electron chi connectivity index (χ4n) is 2.49. The number of carbonyl (C=O) groups is 1. The third-order valence-corrected chi connectivity index (χ3v) is 3.39. The molecule has 118 valence electrons. The lowest BCUT2D eigenvalue weighted by molar-refractivity contribution is -0.145. The minimum Gasteiger partial charge on any atom is -0.480 e. The molecule has 2 aromatic rings. The summed E-state index contributed by atoms with van der Waals surface area (Å²) in [4.78, 5) is 11.7. The number of carboxylic acids is 1. The number of nitrogens with zero attached hydrogens (tertiary/aromatic N) is 2. The lowest BCUT2D eigenvalue weighted by Gasteiger charge is -2.32. The van der Waals surface area contributed by atoms with Gasteiger partial charge in [0.2, 0.25) is 0 Å². The van der Waals surface area contributed by atoms with Crippen LogP contribution in [-0.4, -0.2) is 20.9 Å². The SMILES string of the molecule is CC(C)(C)CC(N)(C(=O)O)c1ccc(-n2cc(F)cn2)cc1. The third-order valence-electron chi connectivity index (χ3n) is 3.39. The van der Waals surface area contributed by atoms with Gasteiger partial charge in [0.05, 0.1) is 18.1 Å². The molecular weight excluding hydrogens is 285 g/mol. The van der Waals surface area contributed by atoms with Crippen molar-refractivity contribution in [3.8, 4) is 5.69 Å². The van der Waals surface area contributed by atoms with E-state index in [2.05, 4.69) is 5.10 Å².